The van der Waals surface area contributed by atoms with Crippen LogP contribution < -0.4 is 5.32 Å². The average molecular weight is 382 g/mol. The first-order chi connectivity index (χ1) is 14.3. The van der Waals surface area contributed by atoms with Crippen LogP contribution in [0.3, 0.4) is 0 Å². The van der Waals surface area contributed by atoms with Gasteiger partial charge in [0.25, 0.3) is 0 Å². The third kappa shape index (κ3) is 4.47. The molecule has 5 nitrogen and oxygen atoms in total. The summed E-state index contributed by atoms with van der Waals surface area (Å²) in [5.41, 5.74) is 3.23. The fourth-order valence-electron chi connectivity index (χ4n) is 3.12. The van der Waals surface area contributed by atoms with Crippen LogP contribution in [0, 0.1) is 0 Å². The third-order valence-corrected chi connectivity index (χ3v) is 4.50. The van der Waals surface area contributed by atoms with E-state index in [4.69, 9.17) is 4.74 Å². The van der Waals surface area contributed by atoms with Gasteiger partial charge in [-0.25, -0.2) is 0 Å². The summed E-state index contributed by atoms with van der Waals surface area (Å²) in [6, 6.07) is 27.7. The molecule has 0 fully saturated rings. The quantitative estimate of drug-likeness (QED) is 0.282. The molecule has 1 aromatic heterocycles. The Morgan fingerprint density at radius 3 is 2.45 bits per heavy atom. The molecule has 1 unspecified atom stereocenters. The van der Waals surface area contributed by atoms with Gasteiger partial charge in [0.2, 0.25) is 0 Å². The van der Waals surface area contributed by atoms with Crippen molar-refractivity contribution in [1.29, 1.82) is 0 Å². The number of ether oxygens (including phenoxy) is 1. The van der Waals surface area contributed by atoms with E-state index in [1.807, 2.05) is 73.7 Å². The number of anilines is 1. The highest BCUT2D eigenvalue weighted by atomic mass is 16.5. The summed E-state index contributed by atoms with van der Waals surface area (Å²) < 4.78 is 5.92. The Bertz CT molecular complexity index is 1100. The monoisotopic (exact) mass is 382 g/mol. The summed E-state index contributed by atoms with van der Waals surface area (Å²) in [4.78, 5) is 4.44. The molecule has 4 rings (SSSR count). The molecule has 29 heavy (non-hydrogen) atoms. The second kappa shape index (κ2) is 9.08. The fourth-order valence-corrected chi connectivity index (χ4v) is 3.12. The van der Waals surface area contributed by atoms with E-state index in [2.05, 4.69) is 38.7 Å². The summed E-state index contributed by atoms with van der Waals surface area (Å²) in [6.07, 6.45) is 1.38. The number of fused-ring (bicyclic) bond motifs is 1. The topological polar surface area (TPSA) is 58.9 Å². The van der Waals surface area contributed by atoms with Crippen LogP contribution >= 0.6 is 0 Å². The van der Waals surface area contributed by atoms with Crippen molar-refractivity contribution in [2.24, 2.45) is 10.2 Å². The second-order valence-electron chi connectivity index (χ2n) is 6.45. The summed E-state index contributed by atoms with van der Waals surface area (Å²) in [7, 11) is 0. The smallest absolute Gasteiger partial charge is 0.171 e. The number of benzene rings is 3. The van der Waals surface area contributed by atoms with Crippen LogP contribution in [0.2, 0.25) is 0 Å². The number of azo groups is 1. The van der Waals surface area contributed by atoms with E-state index in [9.17, 15) is 0 Å². The first-order valence-electron chi connectivity index (χ1n) is 9.63. The minimum absolute atomic E-state index is 0.381. The van der Waals surface area contributed by atoms with Gasteiger partial charge in [0.15, 0.2) is 6.23 Å². The van der Waals surface area contributed by atoms with Crippen molar-refractivity contribution < 1.29 is 4.74 Å². The summed E-state index contributed by atoms with van der Waals surface area (Å²) in [6.45, 7) is 2.52. The maximum Gasteiger partial charge on any atom is 0.171 e. The molecule has 4 aromatic rings. The van der Waals surface area contributed by atoms with Crippen molar-refractivity contribution >= 4 is 27.8 Å². The fraction of sp³-hybridized carbons (Fsp3) is 0.125. The minimum atomic E-state index is -0.381. The van der Waals surface area contributed by atoms with Gasteiger partial charge in [-0.3, -0.25) is 4.98 Å². The number of hydrogen-bond donors (Lipinski definition) is 1. The van der Waals surface area contributed by atoms with E-state index in [1.165, 1.54) is 0 Å². The van der Waals surface area contributed by atoms with Crippen LogP contribution in [0.4, 0.5) is 17.1 Å². The van der Waals surface area contributed by atoms with Crippen molar-refractivity contribution in [2.75, 3.05) is 11.9 Å². The van der Waals surface area contributed by atoms with Gasteiger partial charge >= 0.3 is 0 Å². The Labute approximate surface area is 170 Å². The van der Waals surface area contributed by atoms with E-state index in [-0.39, 0.29) is 6.23 Å². The van der Waals surface area contributed by atoms with Crippen LogP contribution in [0.15, 0.2) is 101 Å². The molecular formula is C24H22N4O. The van der Waals surface area contributed by atoms with Gasteiger partial charge in [-0.05, 0) is 42.6 Å². The average Bonchev–Trinajstić information content (AvgIpc) is 2.79. The molecule has 5 heteroatoms. The minimum Gasteiger partial charge on any atom is -0.353 e. The molecular weight excluding hydrogens is 360 g/mol. The maximum atomic E-state index is 5.92. The van der Waals surface area contributed by atoms with E-state index < -0.39 is 0 Å². The van der Waals surface area contributed by atoms with E-state index in [1.54, 1.807) is 6.20 Å². The molecule has 0 amide bonds. The van der Waals surface area contributed by atoms with Crippen molar-refractivity contribution in [3.8, 4) is 0 Å². The van der Waals surface area contributed by atoms with Crippen LogP contribution in [0.5, 0.6) is 0 Å². The molecule has 0 radical (unpaired) electrons. The van der Waals surface area contributed by atoms with Gasteiger partial charge in [0, 0.05) is 18.2 Å². The SMILES string of the molecule is CCOC(Nc1ccc2ccccc2c1N=Nc1ccccc1)c1ccccn1. The number of hydrogen-bond acceptors (Lipinski definition) is 5. The number of nitrogens with one attached hydrogen (secondary N) is 1. The molecule has 144 valence electrons. The Kier molecular flexibility index (Phi) is 5.88. The Morgan fingerprint density at radius 2 is 1.66 bits per heavy atom. The molecule has 0 aliphatic carbocycles. The second-order valence-corrected chi connectivity index (χ2v) is 6.45. The standard InChI is InChI=1S/C24H22N4O/c1-2-29-24(22-14-8-9-17-25-22)26-21-16-15-18-10-6-7-13-20(18)23(21)28-27-19-11-4-3-5-12-19/h3-17,24,26H,2H2,1H3. The lowest BCUT2D eigenvalue weighted by atomic mass is 10.1. The zero-order chi connectivity index (χ0) is 19.9. The molecule has 0 bridgehead atoms. The number of pyridine rings is 1. The predicted octanol–water partition coefficient (Wildman–Crippen LogP) is 6.80. The highest BCUT2D eigenvalue weighted by Crippen LogP contribution is 2.37. The van der Waals surface area contributed by atoms with Crippen molar-refractivity contribution in [2.45, 2.75) is 13.2 Å². The first kappa shape index (κ1) is 18.8. The molecule has 1 N–H and O–H groups in total. The zero-order valence-corrected chi connectivity index (χ0v) is 16.2. The third-order valence-electron chi connectivity index (χ3n) is 4.50. The summed E-state index contributed by atoms with van der Waals surface area (Å²) >= 11 is 0. The lowest BCUT2D eigenvalue weighted by Gasteiger charge is -2.20. The highest BCUT2D eigenvalue weighted by molar-refractivity contribution is 5.98. The molecule has 0 saturated carbocycles. The Balaban J connectivity index is 1.76. The number of aromatic nitrogens is 1. The molecule has 3 aromatic carbocycles. The van der Waals surface area contributed by atoms with Gasteiger partial charge < -0.3 is 10.1 Å². The van der Waals surface area contributed by atoms with Gasteiger partial charge in [0.05, 0.1) is 17.1 Å². The zero-order valence-electron chi connectivity index (χ0n) is 16.2. The number of nitrogens with zero attached hydrogens (tertiary/aromatic N) is 3. The Hall–Kier alpha value is -3.57. The summed E-state index contributed by atoms with van der Waals surface area (Å²) in [5.74, 6) is 0. The van der Waals surface area contributed by atoms with Crippen LogP contribution in [0.1, 0.15) is 18.8 Å². The maximum absolute atomic E-state index is 5.92. The molecule has 1 atom stereocenters. The van der Waals surface area contributed by atoms with Crippen molar-refractivity contribution in [1.82, 2.24) is 4.98 Å². The van der Waals surface area contributed by atoms with Gasteiger partial charge in [-0.2, -0.15) is 5.11 Å². The van der Waals surface area contributed by atoms with Crippen molar-refractivity contribution in [3.63, 3.8) is 0 Å². The molecule has 0 spiro atoms. The molecule has 0 aliphatic heterocycles. The normalized spacial score (nSPS) is 12.3. The molecule has 0 aliphatic rings. The predicted molar refractivity (Wildman–Crippen MR) is 117 cm³/mol. The molecule has 1 heterocycles. The van der Waals surface area contributed by atoms with Crippen molar-refractivity contribution in [3.05, 3.63) is 96.8 Å². The van der Waals surface area contributed by atoms with Crippen LogP contribution in [0.25, 0.3) is 10.8 Å². The number of rotatable bonds is 7. The van der Waals surface area contributed by atoms with E-state index in [0.717, 1.165) is 33.5 Å². The van der Waals surface area contributed by atoms with Crippen LogP contribution in [-0.2, 0) is 4.74 Å². The van der Waals surface area contributed by atoms with E-state index in [0.29, 0.717) is 6.61 Å². The first-order valence-corrected chi connectivity index (χ1v) is 9.63. The largest absolute Gasteiger partial charge is 0.353 e. The lowest BCUT2D eigenvalue weighted by Crippen LogP contribution is -2.16. The lowest BCUT2D eigenvalue weighted by molar-refractivity contribution is 0.0799. The molecule has 0 saturated heterocycles. The van der Waals surface area contributed by atoms with Gasteiger partial charge in [0.1, 0.15) is 5.69 Å². The van der Waals surface area contributed by atoms with E-state index >= 15 is 0 Å². The Morgan fingerprint density at radius 1 is 0.862 bits per heavy atom. The van der Waals surface area contributed by atoms with Crippen LogP contribution in [-0.4, -0.2) is 11.6 Å². The van der Waals surface area contributed by atoms with Gasteiger partial charge in [-0.15, -0.1) is 5.11 Å². The summed E-state index contributed by atoms with van der Waals surface area (Å²) in [5, 5.41) is 14.6. The highest BCUT2D eigenvalue weighted by Gasteiger charge is 2.16. The van der Waals surface area contributed by atoms with Gasteiger partial charge in [-0.1, -0.05) is 54.6 Å².